The highest BCUT2D eigenvalue weighted by atomic mass is 16.1. The number of rotatable bonds is 5. The van der Waals surface area contributed by atoms with Gasteiger partial charge in [-0.3, -0.25) is 4.79 Å². The average molecular weight is 242 g/mol. The Morgan fingerprint density at radius 1 is 1.17 bits per heavy atom. The van der Waals surface area contributed by atoms with E-state index < -0.39 is 0 Å². The third-order valence-corrected chi connectivity index (χ3v) is 2.23. The normalized spacial score (nSPS) is 9.83. The number of nitrogens with zero attached hydrogens (tertiary/aromatic N) is 2. The van der Waals surface area contributed by atoms with Crippen molar-refractivity contribution in [2.45, 2.75) is 6.92 Å². The monoisotopic (exact) mass is 242 g/mol. The maximum absolute atomic E-state index is 10.9. The molecule has 0 aliphatic heterocycles. The number of anilines is 3. The molecule has 2 aromatic rings. The van der Waals surface area contributed by atoms with E-state index in [-0.39, 0.29) is 12.3 Å². The predicted octanol–water partition coefficient (Wildman–Crippen LogP) is 2.22. The SMILES string of the molecule is CC(=O)CNc1cc(Nc2ccccc2)ncn1. The van der Waals surface area contributed by atoms with E-state index in [9.17, 15) is 4.79 Å². The standard InChI is InChI=1S/C13H14N4O/c1-10(18)8-14-12-7-13(16-9-15-12)17-11-5-3-2-4-6-11/h2-7,9H,8H2,1H3,(H2,14,15,16,17). The fraction of sp³-hybridized carbons (Fsp3) is 0.154. The van der Waals surface area contributed by atoms with Crippen molar-refractivity contribution in [3.63, 3.8) is 0 Å². The molecule has 0 unspecified atom stereocenters. The summed E-state index contributed by atoms with van der Waals surface area (Å²) in [5, 5.41) is 6.09. The minimum atomic E-state index is 0.0613. The van der Waals surface area contributed by atoms with Gasteiger partial charge in [0.15, 0.2) is 0 Å². The predicted molar refractivity (Wildman–Crippen MR) is 70.9 cm³/mol. The second-order valence-corrected chi connectivity index (χ2v) is 3.84. The molecule has 0 bridgehead atoms. The zero-order valence-corrected chi connectivity index (χ0v) is 10.1. The Balaban J connectivity index is 2.05. The van der Waals surface area contributed by atoms with Crippen molar-refractivity contribution in [2.24, 2.45) is 0 Å². The summed E-state index contributed by atoms with van der Waals surface area (Å²) in [7, 11) is 0. The maximum atomic E-state index is 10.9. The maximum Gasteiger partial charge on any atom is 0.148 e. The summed E-state index contributed by atoms with van der Waals surface area (Å²) in [6, 6.07) is 11.5. The summed E-state index contributed by atoms with van der Waals surface area (Å²) in [5.74, 6) is 1.37. The fourth-order valence-electron chi connectivity index (χ4n) is 1.41. The van der Waals surface area contributed by atoms with Gasteiger partial charge in [0, 0.05) is 11.8 Å². The number of nitrogens with one attached hydrogen (secondary N) is 2. The summed E-state index contributed by atoms with van der Waals surface area (Å²) in [6.07, 6.45) is 1.45. The quantitative estimate of drug-likeness (QED) is 0.841. The summed E-state index contributed by atoms with van der Waals surface area (Å²) >= 11 is 0. The van der Waals surface area contributed by atoms with Crippen LogP contribution >= 0.6 is 0 Å². The average Bonchev–Trinajstić information content (AvgIpc) is 2.38. The van der Waals surface area contributed by atoms with Gasteiger partial charge in [0.05, 0.1) is 6.54 Å². The molecule has 0 radical (unpaired) electrons. The molecule has 0 aliphatic carbocycles. The molecule has 0 saturated carbocycles. The van der Waals surface area contributed by atoms with Crippen LogP contribution in [0.5, 0.6) is 0 Å². The third-order valence-electron chi connectivity index (χ3n) is 2.23. The fourth-order valence-corrected chi connectivity index (χ4v) is 1.41. The Morgan fingerprint density at radius 3 is 2.61 bits per heavy atom. The number of Topliss-reactive ketones (excluding diaryl/α,β-unsaturated/α-hetero) is 1. The van der Waals surface area contributed by atoms with Crippen LogP contribution in [0.1, 0.15) is 6.92 Å². The number of hydrogen-bond donors (Lipinski definition) is 2. The second-order valence-electron chi connectivity index (χ2n) is 3.84. The molecule has 92 valence electrons. The minimum Gasteiger partial charge on any atom is -0.363 e. The molecular formula is C13H14N4O. The van der Waals surface area contributed by atoms with Crippen molar-refractivity contribution < 1.29 is 4.79 Å². The van der Waals surface area contributed by atoms with Gasteiger partial charge in [-0.1, -0.05) is 18.2 Å². The number of carbonyl (C=O) groups is 1. The van der Waals surface area contributed by atoms with E-state index in [0.29, 0.717) is 11.6 Å². The van der Waals surface area contributed by atoms with Crippen LogP contribution in [-0.4, -0.2) is 22.3 Å². The van der Waals surface area contributed by atoms with E-state index >= 15 is 0 Å². The highest BCUT2D eigenvalue weighted by Gasteiger charge is 2.00. The van der Waals surface area contributed by atoms with E-state index in [1.807, 2.05) is 30.3 Å². The minimum absolute atomic E-state index is 0.0613. The molecule has 1 heterocycles. The lowest BCUT2D eigenvalue weighted by atomic mass is 10.3. The lowest BCUT2D eigenvalue weighted by molar-refractivity contribution is -0.115. The molecule has 18 heavy (non-hydrogen) atoms. The van der Waals surface area contributed by atoms with Crippen LogP contribution in [-0.2, 0) is 4.79 Å². The zero-order valence-electron chi connectivity index (χ0n) is 10.1. The second kappa shape index (κ2) is 5.77. The Kier molecular flexibility index (Phi) is 3.86. The molecule has 0 aliphatic rings. The lowest BCUT2D eigenvalue weighted by Crippen LogP contribution is -2.11. The van der Waals surface area contributed by atoms with Crippen molar-refractivity contribution in [3.8, 4) is 0 Å². The van der Waals surface area contributed by atoms with Crippen molar-refractivity contribution in [1.29, 1.82) is 0 Å². The summed E-state index contributed by atoms with van der Waals surface area (Å²) < 4.78 is 0. The van der Waals surface area contributed by atoms with Gasteiger partial charge < -0.3 is 10.6 Å². The summed E-state index contributed by atoms with van der Waals surface area (Å²) in [6.45, 7) is 1.79. The molecule has 0 atom stereocenters. The first-order valence-electron chi connectivity index (χ1n) is 5.61. The van der Waals surface area contributed by atoms with Crippen LogP contribution in [0.4, 0.5) is 17.3 Å². The van der Waals surface area contributed by atoms with Gasteiger partial charge in [-0.2, -0.15) is 0 Å². The molecule has 0 saturated heterocycles. The van der Waals surface area contributed by atoms with Crippen LogP contribution in [0.2, 0.25) is 0 Å². The Morgan fingerprint density at radius 2 is 1.89 bits per heavy atom. The van der Waals surface area contributed by atoms with Gasteiger partial charge in [-0.25, -0.2) is 9.97 Å². The molecule has 2 rings (SSSR count). The third kappa shape index (κ3) is 3.55. The first kappa shape index (κ1) is 12.0. The van der Waals surface area contributed by atoms with Gasteiger partial charge in [-0.15, -0.1) is 0 Å². The highest BCUT2D eigenvalue weighted by Crippen LogP contribution is 2.15. The number of carbonyl (C=O) groups excluding carboxylic acids is 1. The van der Waals surface area contributed by atoms with Crippen molar-refractivity contribution in [2.75, 3.05) is 17.2 Å². The lowest BCUT2D eigenvalue weighted by Gasteiger charge is -2.07. The van der Waals surface area contributed by atoms with Gasteiger partial charge in [0.1, 0.15) is 23.7 Å². The van der Waals surface area contributed by atoms with Crippen molar-refractivity contribution >= 4 is 23.1 Å². The van der Waals surface area contributed by atoms with Gasteiger partial charge in [-0.05, 0) is 19.1 Å². The number of hydrogen-bond acceptors (Lipinski definition) is 5. The van der Waals surface area contributed by atoms with E-state index in [2.05, 4.69) is 20.6 Å². The Bertz CT molecular complexity index is 528. The van der Waals surface area contributed by atoms with Crippen LogP contribution < -0.4 is 10.6 Å². The number of para-hydroxylation sites is 1. The van der Waals surface area contributed by atoms with E-state index in [1.165, 1.54) is 13.3 Å². The molecule has 1 aromatic carbocycles. The molecule has 0 amide bonds. The molecule has 0 spiro atoms. The van der Waals surface area contributed by atoms with Crippen LogP contribution in [0.15, 0.2) is 42.7 Å². The van der Waals surface area contributed by atoms with Crippen molar-refractivity contribution in [3.05, 3.63) is 42.7 Å². The topological polar surface area (TPSA) is 66.9 Å². The van der Waals surface area contributed by atoms with Gasteiger partial charge >= 0.3 is 0 Å². The van der Waals surface area contributed by atoms with Gasteiger partial charge in [0.2, 0.25) is 0 Å². The van der Waals surface area contributed by atoms with E-state index in [1.54, 1.807) is 6.07 Å². The first-order valence-corrected chi connectivity index (χ1v) is 5.61. The highest BCUT2D eigenvalue weighted by molar-refractivity contribution is 5.80. The smallest absolute Gasteiger partial charge is 0.148 e. The molecule has 2 N–H and O–H groups in total. The summed E-state index contributed by atoms with van der Waals surface area (Å²) in [5.41, 5.74) is 0.953. The molecule has 5 heteroatoms. The number of benzene rings is 1. The molecule has 1 aromatic heterocycles. The van der Waals surface area contributed by atoms with Crippen LogP contribution in [0, 0.1) is 0 Å². The molecule has 0 fully saturated rings. The zero-order chi connectivity index (χ0) is 12.8. The van der Waals surface area contributed by atoms with Crippen molar-refractivity contribution in [1.82, 2.24) is 9.97 Å². The van der Waals surface area contributed by atoms with Crippen LogP contribution in [0.25, 0.3) is 0 Å². The first-order chi connectivity index (χ1) is 8.74. The van der Waals surface area contributed by atoms with Gasteiger partial charge in [0.25, 0.3) is 0 Å². The van der Waals surface area contributed by atoms with Crippen LogP contribution in [0.3, 0.4) is 0 Å². The summed E-state index contributed by atoms with van der Waals surface area (Å²) in [4.78, 5) is 19.0. The Labute approximate surface area is 105 Å². The Hall–Kier alpha value is -2.43. The largest absolute Gasteiger partial charge is 0.363 e. The van der Waals surface area contributed by atoms with E-state index in [0.717, 1.165) is 5.69 Å². The number of aromatic nitrogens is 2. The van der Waals surface area contributed by atoms with E-state index in [4.69, 9.17) is 0 Å². The molecule has 5 nitrogen and oxygen atoms in total. The molecular weight excluding hydrogens is 228 g/mol. The number of ketones is 1.